The molecule has 0 saturated carbocycles. The Hall–Kier alpha value is -1.30. The van der Waals surface area contributed by atoms with Crippen molar-refractivity contribution in [3.63, 3.8) is 0 Å². The van der Waals surface area contributed by atoms with Crippen LogP contribution in [0.5, 0.6) is 0 Å². The van der Waals surface area contributed by atoms with Gasteiger partial charge in [0.15, 0.2) is 10.1 Å². The Morgan fingerprint density at radius 3 is 1.80 bits per heavy atom. The van der Waals surface area contributed by atoms with E-state index in [9.17, 15) is 39.3 Å². The van der Waals surface area contributed by atoms with Crippen molar-refractivity contribution >= 4 is 10.1 Å². The van der Waals surface area contributed by atoms with Crippen LogP contribution in [0.25, 0.3) is 0 Å². The normalized spacial score (nSPS) is 14.4. The zero-order chi connectivity index (χ0) is 16.4. The molecule has 0 radical (unpaired) electrons. The van der Waals surface area contributed by atoms with Gasteiger partial charge in [-0.25, -0.2) is 21.9 Å². The van der Waals surface area contributed by atoms with E-state index in [1.807, 2.05) is 42.0 Å². The minimum atomic E-state index is -6.66. The summed E-state index contributed by atoms with van der Waals surface area (Å²) >= 11 is 0. The summed E-state index contributed by atoms with van der Waals surface area (Å²) in [5.74, 6) is 0. The van der Waals surface area contributed by atoms with Crippen molar-refractivity contribution in [3.05, 3.63) is 18.7 Å². The maximum Gasteiger partial charge on any atom is 0.426 e. The maximum atomic E-state index is 11.8. The average molecular weight is 328 g/mol. The van der Waals surface area contributed by atoms with E-state index in [1.165, 1.54) is 0 Å². The summed E-state index contributed by atoms with van der Waals surface area (Å²) in [5, 5.41) is -5.99. The third-order valence-corrected chi connectivity index (χ3v) is 2.69. The molecule has 0 spiro atoms. The van der Waals surface area contributed by atoms with Crippen LogP contribution in [-0.2, 0) is 24.2 Å². The monoisotopic (exact) mass is 328 g/mol. The summed E-state index contributed by atoms with van der Waals surface area (Å²) in [4.78, 5) is 0. The van der Waals surface area contributed by atoms with Gasteiger partial charge >= 0.3 is 11.4 Å². The van der Waals surface area contributed by atoms with Gasteiger partial charge in [0.25, 0.3) is 6.17 Å². The third kappa shape index (κ3) is 5.00. The minimum Gasteiger partial charge on any atom is -0.743 e. The van der Waals surface area contributed by atoms with Gasteiger partial charge in [-0.05, 0) is 0 Å². The number of aromatic nitrogens is 2. The molecule has 118 valence electrons. The van der Waals surface area contributed by atoms with Gasteiger partial charge in [-0.2, -0.15) is 22.0 Å². The quantitative estimate of drug-likeness (QED) is 0.460. The van der Waals surface area contributed by atoms with Crippen molar-refractivity contribution in [1.29, 1.82) is 0 Å². The molecule has 1 aromatic heterocycles. The van der Waals surface area contributed by atoms with E-state index in [0.717, 1.165) is 0 Å². The van der Waals surface area contributed by atoms with Crippen LogP contribution in [0.1, 0.15) is 0 Å². The van der Waals surface area contributed by atoms with Crippen LogP contribution in [0.3, 0.4) is 0 Å². The van der Waals surface area contributed by atoms with Crippen LogP contribution >= 0.6 is 0 Å². The molecule has 0 bridgehead atoms. The number of hydrogen-bond acceptors (Lipinski definition) is 3. The van der Waals surface area contributed by atoms with Gasteiger partial charge in [-0.3, -0.25) is 0 Å². The predicted molar refractivity (Wildman–Crippen MR) is 52.2 cm³/mol. The standard InChI is InChI=1S/C5H9N2.C3H2F6O3S/c1-6-3-4-7(2)5-6;4-1(2(5,6)7)3(8,9)13(10,11)12/h3-5H,1-2H3;1H,(H,10,11,12)/q+1;/p-1. The number of hydrogen-bond donors (Lipinski definition) is 0. The van der Waals surface area contributed by atoms with E-state index in [4.69, 9.17) is 0 Å². The van der Waals surface area contributed by atoms with E-state index in [1.54, 1.807) is 0 Å². The summed E-state index contributed by atoms with van der Waals surface area (Å²) in [6.45, 7) is 0. The molecule has 1 aromatic rings. The first kappa shape index (κ1) is 18.7. The molecule has 0 saturated heterocycles. The lowest BCUT2D eigenvalue weighted by Gasteiger charge is -2.24. The molecule has 1 unspecified atom stereocenters. The highest BCUT2D eigenvalue weighted by Crippen LogP contribution is 2.37. The topological polar surface area (TPSA) is 66.0 Å². The summed E-state index contributed by atoms with van der Waals surface area (Å²) in [5.41, 5.74) is 0. The summed E-state index contributed by atoms with van der Waals surface area (Å²) in [6.07, 6.45) is -5.11. The van der Waals surface area contributed by atoms with Crippen LogP contribution in [0.2, 0.25) is 0 Å². The highest BCUT2D eigenvalue weighted by Gasteiger charge is 2.61. The molecule has 0 aliphatic heterocycles. The van der Waals surface area contributed by atoms with Crippen molar-refractivity contribution in [1.82, 2.24) is 4.57 Å². The van der Waals surface area contributed by atoms with Crippen LogP contribution in [0.4, 0.5) is 26.3 Å². The Morgan fingerprint density at radius 1 is 1.25 bits per heavy atom. The first-order valence-corrected chi connectivity index (χ1v) is 6.11. The second kappa shape index (κ2) is 5.99. The molecule has 12 heteroatoms. The Kier molecular flexibility index (Phi) is 5.60. The van der Waals surface area contributed by atoms with E-state index in [-0.39, 0.29) is 0 Å². The number of rotatable bonds is 2. The maximum absolute atomic E-state index is 11.8. The molecule has 0 aliphatic carbocycles. The van der Waals surface area contributed by atoms with E-state index >= 15 is 0 Å². The van der Waals surface area contributed by atoms with Gasteiger partial charge in [0.2, 0.25) is 6.33 Å². The van der Waals surface area contributed by atoms with Crippen molar-refractivity contribution < 1.29 is 43.9 Å². The zero-order valence-corrected chi connectivity index (χ0v) is 10.9. The lowest BCUT2D eigenvalue weighted by Crippen LogP contribution is -2.46. The van der Waals surface area contributed by atoms with Crippen LogP contribution in [0.15, 0.2) is 18.7 Å². The lowest BCUT2D eigenvalue weighted by atomic mass is 10.4. The van der Waals surface area contributed by atoms with Gasteiger partial charge in [0.05, 0.1) is 14.1 Å². The number of alkyl halides is 6. The molecule has 0 aromatic carbocycles. The molecular formula is C8H10F6N2O3S. The fourth-order valence-corrected chi connectivity index (χ4v) is 1.28. The number of nitrogens with zero attached hydrogens (tertiary/aromatic N) is 2. The first-order valence-electron chi connectivity index (χ1n) is 4.71. The van der Waals surface area contributed by atoms with Gasteiger partial charge in [-0.15, -0.1) is 0 Å². The van der Waals surface area contributed by atoms with Crippen LogP contribution in [-0.4, -0.2) is 35.1 Å². The summed E-state index contributed by atoms with van der Waals surface area (Å²) < 4.78 is 102. The molecule has 0 fully saturated rings. The smallest absolute Gasteiger partial charge is 0.426 e. The van der Waals surface area contributed by atoms with Gasteiger partial charge < -0.3 is 4.55 Å². The largest absolute Gasteiger partial charge is 0.743 e. The molecule has 0 aliphatic rings. The summed E-state index contributed by atoms with van der Waals surface area (Å²) in [6, 6.07) is 0. The second-order valence-corrected chi connectivity index (χ2v) is 5.12. The van der Waals surface area contributed by atoms with E-state index in [0.29, 0.717) is 0 Å². The van der Waals surface area contributed by atoms with Gasteiger partial charge in [0, 0.05) is 0 Å². The Balaban J connectivity index is 0.000000428. The molecule has 20 heavy (non-hydrogen) atoms. The van der Waals surface area contributed by atoms with Crippen LogP contribution in [0, 0.1) is 0 Å². The third-order valence-electron chi connectivity index (χ3n) is 1.82. The van der Waals surface area contributed by atoms with Crippen molar-refractivity contribution in [2.24, 2.45) is 14.1 Å². The van der Waals surface area contributed by atoms with Gasteiger partial charge in [0.1, 0.15) is 12.4 Å². The highest BCUT2D eigenvalue weighted by molar-refractivity contribution is 7.86. The van der Waals surface area contributed by atoms with E-state index < -0.39 is 27.7 Å². The summed E-state index contributed by atoms with van der Waals surface area (Å²) in [7, 11) is -2.66. The van der Waals surface area contributed by atoms with Gasteiger partial charge in [-0.1, -0.05) is 0 Å². The fourth-order valence-electron chi connectivity index (χ4n) is 0.892. The van der Waals surface area contributed by atoms with Crippen molar-refractivity contribution in [3.8, 4) is 0 Å². The SMILES string of the molecule is Cn1cc[n+](C)c1.O=S(=O)([O-])C(F)(F)C(F)C(F)(F)F. The molecular weight excluding hydrogens is 318 g/mol. The average Bonchev–Trinajstić information content (AvgIpc) is 2.59. The minimum absolute atomic E-state index is 2.00. The zero-order valence-electron chi connectivity index (χ0n) is 10.1. The molecule has 1 rings (SSSR count). The number of aryl methyl sites for hydroxylation is 2. The molecule has 0 N–H and O–H groups in total. The fraction of sp³-hybridized carbons (Fsp3) is 0.625. The van der Waals surface area contributed by atoms with Crippen molar-refractivity contribution in [2.75, 3.05) is 0 Å². The predicted octanol–water partition coefficient (Wildman–Crippen LogP) is 0.874. The van der Waals surface area contributed by atoms with E-state index in [2.05, 4.69) is 0 Å². The molecule has 1 atom stereocenters. The lowest BCUT2D eigenvalue weighted by molar-refractivity contribution is -0.670. The van der Waals surface area contributed by atoms with Crippen molar-refractivity contribution in [2.45, 2.75) is 17.6 Å². The number of imidazole rings is 1. The Labute approximate surface area is 110 Å². The molecule has 1 heterocycles. The second-order valence-electron chi connectivity index (χ2n) is 3.66. The Morgan fingerprint density at radius 2 is 1.70 bits per heavy atom. The molecule has 0 amide bonds. The first-order chi connectivity index (χ1) is 8.69. The number of halogens is 6. The van der Waals surface area contributed by atoms with Crippen LogP contribution < -0.4 is 4.57 Å². The highest BCUT2D eigenvalue weighted by atomic mass is 32.2. The Bertz CT molecular complexity index is 522. The molecule has 5 nitrogen and oxygen atoms in total.